The third kappa shape index (κ3) is 3.37. The number of hydrogen-bond acceptors (Lipinski definition) is 3. The molecular weight excluding hydrogens is 304 g/mol. The molecule has 1 unspecified atom stereocenters. The lowest BCUT2D eigenvalue weighted by atomic mass is 10.1. The van der Waals surface area contributed by atoms with E-state index in [4.69, 9.17) is 21.1 Å². The van der Waals surface area contributed by atoms with E-state index in [9.17, 15) is 4.79 Å². The number of carbonyl (C=O) groups excluding carboxylic acids is 1. The van der Waals surface area contributed by atoms with Gasteiger partial charge in [0, 0.05) is 18.0 Å². The van der Waals surface area contributed by atoms with E-state index < -0.39 is 5.79 Å². The number of hydrogen-bond donors (Lipinski definition) is 2. The number of benzene rings is 1. The highest BCUT2D eigenvalue weighted by Gasteiger charge is 2.30. The molecule has 2 aliphatic rings. The van der Waals surface area contributed by atoms with Crippen LogP contribution in [0, 0.1) is 0 Å². The van der Waals surface area contributed by atoms with Crippen LogP contribution >= 0.6 is 11.6 Å². The second-order valence-corrected chi connectivity index (χ2v) is 6.29. The summed E-state index contributed by atoms with van der Waals surface area (Å²) in [5.41, 5.74) is 2.27. The van der Waals surface area contributed by atoms with E-state index in [0.29, 0.717) is 26.2 Å². The molecule has 1 aliphatic carbocycles. The summed E-state index contributed by atoms with van der Waals surface area (Å²) in [6.45, 7) is 3.64. The molecule has 1 heterocycles. The third-order valence-electron chi connectivity index (χ3n) is 4.28. The van der Waals surface area contributed by atoms with E-state index in [1.54, 1.807) is 0 Å². The second kappa shape index (κ2) is 6.44. The minimum absolute atomic E-state index is 0.0308. The maximum Gasteiger partial charge on any atom is 0.315 e. The van der Waals surface area contributed by atoms with E-state index in [0.717, 1.165) is 29.0 Å². The molecule has 2 amide bonds. The fourth-order valence-electron chi connectivity index (χ4n) is 3.07. The van der Waals surface area contributed by atoms with Gasteiger partial charge in [-0.15, -0.1) is 0 Å². The first kappa shape index (κ1) is 15.6. The Balaban J connectivity index is 1.48. The van der Waals surface area contributed by atoms with Crippen LogP contribution < -0.4 is 10.6 Å². The van der Waals surface area contributed by atoms with Gasteiger partial charge in [0.25, 0.3) is 0 Å². The zero-order valence-electron chi connectivity index (χ0n) is 12.7. The van der Waals surface area contributed by atoms with E-state index in [2.05, 4.69) is 10.6 Å². The third-order valence-corrected chi connectivity index (χ3v) is 4.64. The summed E-state index contributed by atoms with van der Waals surface area (Å²) in [5, 5.41) is 6.66. The number of amides is 2. The molecule has 0 saturated carbocycles. The summed E-state index contributed by atoms with van der Waals surface area (Å²) in [5.74, 6) is -0.569. The Morgan fingerprint density at radius 1 is 1.41 bits per heavy atom. The number of fused-ring (bicyclic) bond motifs is 1. The number of carbonyl (C=O) groups is 1. The van der Waals surface area contributed by atoms with E-state index in [1.807, 2.05) is 25.1 Å². The summed E-state index contributed by atoms with van der Waals surface area (Å²) in [6, 6.07) is 5.71. The number of rotatable bonds is 4. The highest BCUT2D eigenvalue weighted by atomic mass is 35.5. The zero-order chi connectivity index (χ0) is 15.6. The molecule has 3 rings (SSSR count). The van der Waals surface area contributed by atoms with Crippen molar-refractivity contribution >= 4 is 17.6 Å². The molecule has 0 radical (unpaired) electrons. The van der Waals surface area contributed by atoms with Crippen molar-refractivity contribution in [3.63, 3.8) is 0 Å². The van der Waals surface area contributed by atoms with Gasteiger partial charge in [-0.2, -0.15) is 0 Å². The van der Waals surface area contributed by atoms with Crippen molar-refractivity contribution in [3.05, 3.63) is 34.3 Å². The minimum Gasteiger partial charge on any atom is -0.348 e. The highest BCUT2D eigenvalue weighted by molar-refractivity contribution is 6.31. The van der Waals surface area contributed by atoms with Crippen molar-refractivity contribution in [1.82, 2.24) is 10.6 Å². The molecule has 6 heteroatoms. The maximum atomic E-state index is 12.0. The lowest BCUT2D eigenvalue weighted by Crippen LogP contribution is -2.40. The Morgan fingerprint density at radius 2 is 2.18 bits per heavy atom. The number of nitrogens with one attached hydrogen (secondary N) is 2. The van der Waals surface area contributed by atoms with Crippen LogP contribution in [0.5, 0.6) is 0 Å². The predicted molar refractivity (Wildman–Crippen MR) is 84.0 cm³/mol. The average Bonchev–Trinajstić information content (AvgIpc) is 3.08. The summed E-state index contributed by atoms with van der Waals surface area (Å²) in [7, 11) is 0. The summed E-state index contributed by atoms with van der Waals surface area (Å²) >= 11 is 6.19. The first-order valence-electron chi connectivity index (χ1n) is 7.67. The zero-order valence-corrected chi connectivity index (χ0v) is 13.4. The van der Waals surface area contributed by atoms with E-state index >= 15 is 0 Å². The molecule has 1 aromatic rings. The van der Waals surface area contributed by atoms with Gasteiger partial charge >= 0.3 is 6.03 Å². The number of halogens is 1. The molecular formula is C16H21ClN2O3. The Kier molecular flexibility index (Phi) is 4.57. The van der Waals surface area contributed by atoms with Crippen molar-refractivity contribution in [2.45, 2.75) is 38.0 Å². The molecule has 120 valence electrons. The Morgan fingerprint density at radius 3 is 2.95 bits per heavy atom. The molecule has 1 aliphatic heterocycles. The van der Waals surface area contributed by atoms with Crippen LogP contribution in [0.25, 0.3) is 0 Å². The molecule has 1 saturated heterocycles. The van der Waals surface area contributed by atoms with Crippen LogP contribution in [0.2, 0.25) is 5.02 Å². The molecule has 0 spiro atoms. The second-order valence-electron chi connectivity index (χ2n) is 5.88. The largest absolute Gasteiger partial charge is 0.348 e. The molecule has 0 aromatic heterocycles. The van der Waals surface area contributed by atoms with Gasteiger partial charge in [0.2, 0.25) is 0 Å². The molecule has 2 N–H and O–H groups in total. The van der Waals surface area contributed by atoms with Gasteiger partial charge in [0.1, 0.15) is 0 Å². The van der Waals surface area contributed by atoms with Crippen LogP contribution in [0.3, 0.4) is 0 Å². The lowest BCUT2D eigenvalue weighted by Gasteiger charge is -2.22. The van der Waals surface area contributed by atoms with Crippen molar-refractivity contribution < 1.29 is 14.3 Å². The fourth-order valence-corrected chi connectivity index (χ4v) is 3.35. The standard InChI is InChI=1S/C16H21ClN2O3/c1-16(21-9-10-22-16)7-8-18-15(20)19-14-6-5-11-12(14)3-2-4-13(11)17/h2-4,14H,5-10H2,1H3,(H2,18,19,20). The van der Waals surface area contributed by atoms with Crippen LogP contribution in [-0.4, -0.2) is 31.6 Å². The monoisotopic (exact) mass is 324 g/mol. The number of urea groups is 1. The quantitative estimate of drug-likeness (QED) is 0.895. The Hall–Kier alpha value is -1.30. The van der Waals surface area contributed by atoms with E-state index in [1.165, 1.54) is 0 Å². The van der Waals surface area contributed by atoms with Crippen molar-refractivity contribution in [1.29, 1.82) is 0 Å². The first-order chi connectivity index (χ1) is 10.6. The average molecular weight is 325 g/mol. The minimum atomic E-state index is -0.569. The van der Waals surface area contributed by atoms with Crippen LogP contribution in [0.4, 0.5) is 4.79 Å². The molecule has 22 heavy (non-hydrogen) atoms. The van der Waals surface area contributed by atoms with Gasteiger partial charge in [-0.3, -0.25) is 0 Å². The molecule has 5 nitrogen and oxygen atoms in total. The smallest absolute Gasteiger partial charge is 0.315 e. The fraction of sp³-hybridized carbons (Fsp3) is 0.562. The summed E-state index contributed by atoms with van der Waals surface area (Å²) in [6.07, 6.45) is 2.42. The normalized spacial score (nSPS) is 22.4. The highest BCUT2D eigenvalue weighted by Crippen LogP contribution is 2.35. The van der Waals surface area contributed by atoms with Crippen molar-refractivity contribution in [2.75, 3.05) is 19.8 Å². The van der Waals surface area contributed by atoms with Gasteiger partial charge in [0.15, 0.2) is 5.79 Å². The van der Waals surface area contributed by atoms with Gasteiger partial charge in [-0.1, -0.05) is 23.7 Å². The molecule has 1 atom stereocenters. The van der Waals surface area contributed by atoms with Crippen LogP contribution in [0.1, 0.15) is 36.9 Å². The van der Waals surface area contributed by atoms with Gasteiger partial charge < -0.3 is 20.1 Å². The van der Waals surface area contributed by atoms with Gasteiger partial charge in [0.05, 0.1) is 19.3 Å². The SMILES string of the molecule is CC1(CCNC(=O)NC2CCc3c(Cl)cccc32)OCCO1. The maximum absolute atomic E-state index is 12.0. The summed E-state index contributed by atoms with van der Waals surface area (Å²) in [4.78, 5) is 12.0. The van der Waals surface area contributed by atoms with Crippen LogP contribution in [-0.2, 0) is 15.9 Å². The summed E-state index contributed by atoms with van der Waals surface area (Å²) < 4.78 is 11.0. The van der Waals surface area contributed by atoms with Gasteiger partial charge in [-0.25, -0.2) is 4.79 Å². The topological polar surface area (TPSA) is 59.6 Å². The molecule has 1 aromatic carbocycles. The lowest BCUT2D eigenvalue weighted by molar-refractivity contribution is -0.145. The van der Waals surface area contributed by atoms with Crippen molar-refractivity contribution in [3.8, 4) is 0 Å². The molecule has 0 bridgehead atoms. The Bertz CT molecular complexity index is 558. The predicted octanol–water partition coefficient (Wildman–Crippen LogP) is 2.78. The molecule has 1 fully saturated rings. The first-order valence-corrected chi connectivity index (χ1v) is 8.05. The van der Waals surface area contributed by atoms with Gasteiger partial charge in [-0.05, 0) is 37.0 Å². The van der Waals surface area contributed by atoms with E-state index in [-0.39, 0.29) is 12.1 Å². The van der Waals surface area contributed by atoms with Crippen LogP contribution in [0.15, 0.2) is 18.2 Å². The number of ether oxygens (including phenoxy) is 2. The van der Waals surface area contributed by atoms with Crippen molar-refractivity contribution in [2.24, 2.45) is 0 Å². The Labute approximate surface area is 135 Å².